The summed E-state index contributed by atoms with van der Waals surface area (Å²) in [5.74, 6) is 0.0162. The molecule has 52 heavy (non-hydrogen) atoms. The van der Waals surface area contributed by atoms with Gasteiger partial charge in [-0.05, 0) is 95.9 Å². The molecule has 10 rings (SSSR count). The minimum atomic E-state index is 0.0162. The van der Waals surface area contributed by atoms with Gasteiger partial charge in [0, 0.05) is 16.7 Å². The van der Waals surface area contributed by atoms with Crippen molar-refractivity contribution in [2.45, 2.75) is 5.92 Å². The first-order valence-corrected chi connectivity index (χ1v) is 17.9. The van der Waals surface area contributed by atoms with Crippen molar-refractivity contribution >= 4 is 43.5 Å². The minimum Gasteiger partial charge on any atom is -0.456 e. The minimum absolute atomic E-state index is 0.0162. The Morgan fingerprint density at radius 3 is 1.60 bits per heavy atom. The predicted molar refractivity (Wildman–Crippen MR) is 219 cm³/mol. The average Bonchev–Trinajstić information content (AvgIpc) is 3.60. The molecule has 1 aromatic heterocycles. The van der Waals surface area contributed by atoms with Gasteiger partial charge in [-0.1, -0.05) is 176 Å². The Balaban J connectivity index is 1.11. The number of furan rings is 1. The van der Waals surface area contributed by atoms with E-state index in [1.807, 2.05) is 12.1 Å². The van der Waals surface area contributed by atoms with Crippen LogP contribution in [0.5, 0.6) is 0 Å². The van der Waals surface area contributed by atoms with Crippen LogP contribution in [0.4, 0.5) is 0 Å². The van der Waals surface area contributed by atoms with Gasteiger partial charge in [0.25, 0.3) is 0 Å². The normalized spacial score (nSPS) is 12.2. The molecule has 9 aromatic carbocycles. The van der Waals surface area contributed by atoms with Crippen LogP contribution in [0.2, 0.25) is 0 Å². The lowest BCUT2D eigenvalue weighted by Crippen LogP contribution is -2.05. The Hall–Kier alpha value is -6.70. The average molecular weight is 663 g/mol. The van der Waals surface area contributed by atoms with Crippen LogP contribution in [0.1, 0.15) is 22.6 Å². The SMILES string of the molecule is c1ccc(-c2ccc(-c3ccc(C(c4cccc(-c5ccc6oc7ccccc7c6c5)c4)c4cc5ccccc5c5ccccc45)cc3)cc2)cc1. The summed E-state index contributed by atoms with van der Waals surface area (Å²) in [7, 11) is 0. The second-order valence-corrected chi connectivity index (χ2v) is 13.7. The zero-order chi connectivity index (χ0) is 34.4. The second kappa shape index (κ2) is 12.6. The summed E-state index contributed by atoms with van der Waals surface area (Å²) in [6.45, 7) is 0. The van der Waals surface area contributed by atoms with Crippen LogP contribution in [0.3, 0.4) is 0 Å². The van der Waals surface area contributed by atoms with Gasteiger partial charge in [-0.2, -0.15) is 0 Å². The van der Waals surface area contributed by atoms with Crippen LogP contribution >= 0.6 is 0 Å². The molecule has 1 unspecified atom stereocenters. The number of para-hydroxylation sites is 1. The van der Waals surface area contributed by atoms with E-state index in [1.165, 1.54) is 71.6 Å². The molecule has 0 radical (unpaired) electrons. The molecule has 1 heterocycles. The summed E-state index contributed by atoms with van der Waals surface area (Å²) in [6.07, 6.45) is 0. The lowest BCUT2D eigenvalue weighted by Gasteiger charge is -2.23. The summed E-state index contributed by atoms with van der Waals surface area (Å²) >= 11 is 0. The number of benzene rings is 9. The van der Waals surface area contributed by atoms with Crippen molar-refractivity contribution < 1.29 is 4.42 Å². The Morgan fingerprint density at radius 1 is 0.288 bits per heavy atom. The molecule has 0 bridgehead atoms. The first-order valence-electron chi connectivity index (χ1n) is 17.9. The van der Waals surface area contributed by atoms with E-state index in [0.717, 1.165) is 21.9 Å². The Bertz CT molecular complexity index is 2880. The molecule has 244 valence electrons. The van der Waals surface area contributed by atoms with Gasteiger partial charge in [-0.25, -0.2) is 0 Å². The molecule has 0 aliphatic heterocycles. The molecule has 0 spiro atoms. The Morgan fingerprint density at radius 2 is 0.827 bits per heavy atom. The van der Waals surface area contributed by atoms with E-state index in [2.05, 4.69) is 188 Å². The molecule has 0 saturated carbocycles. The first kappa shape index (κ1) is 30.2. The lowest BCUT2D eigenvalue weighted by molar-refractivity contribution is 0.669. The third-order valence-electron chi connectivity index (χ3n) is 10.6. The van der Waals surface area contributed by atoms with Gasteiger partial charge in [0.15, 0.2) is 0 Å². The van der Waals surface area contributed by atoms with E-state index in [0.29, 0.717) is 0 Å². The third kappa shape index (κ3) is 5.27. The maximum Gasteiger partial charge on any atom is 0.135 e. The van der Waals surface area contributed by atoms with E-state index in [-0.39, 0.29) is 5.92 Å². The third-order valence-corrected chi connectivity index (χ3v) is 10.6. The fourth-order valence-corrected chi connectivity index (χ4v) is 8.03. The highest BCUT2D eigenvalue weighted by Crippen LogP contribution is 2.41. The maximum atomic E-state index is 6.16. The van der Waals surface area contributed by atoms with E-state index in [4.69, 9.17) is 4.42 Å². The van der Waals surface area contributed by atoms with Crippen molar-refractivity contribution in [3.05, 3.63) is 217 Å². The molecular formula is C51H34O. The van der Waals surface area contributed by atoms with Crippen molar-refractivity contribution in [2.24, 2.45) is 0 Å². The summed E-state index contributed by atoms with van der Waals surface area (Å²) in [5.41, 5.74) is 12.9. The van der Waals surface area contributed by atoms with Crippen molar-refractivity contribution in [1.82, 2.24) is 0 Å². The second-order valence-electron chi connectivity index (χ2n) is 13.7. The van der Waals surface area contributed by atoms with E-state index >= 15 is 0 Å². The van der Waals surface area contributed by atoms with Crippen molar-refractivity contribution in [3.8, 4) is 33.4 Å². The van der Waals surface area contributed by atoms with Gasteiger partial charge in [-0.15, -0.1) is 0 Å². The summed E-state index contributed by atoms with van der Waals surface area (Å²) in [5, 5.41) is 7.38. The number of fused-ring (bicyclic) bond motifs is 6. The van der Waals surface area contributed by atoms with Crippen molar-refractivity contribution in [2.75, 3.05) is 0 Å². The highest BCUT2D eigenvalue weighted by Gasteiger charge is 2.22. The molecule has 1 atom stereocenters. The molecule has 10 aromatic rings. The van der Waals surface area contributed by atoms with Crippen LogP contribution < -0.4 is 0 Å². The Kier molecular flexibility index (Phi) is 7.29. The van der Waals surface area contributed by atoms with Gasteiger partial charge >= 0.3 is 0 Å². The molecule has 0 fully saturated rings. The number of rotatable bonds is 6. The standard InChI is InChI=1S/C51H34O/c1-2-11-34(12-3-1)35-21-23-36(24-22-35)37-25-27-38(28-26-37)51(48-33-41-13-4-5-16-43(41)44-17-6-7-18-45(44)48)42-15-10-14-39(31-42)40-29-30-50-47(32-40)46-19-8-9-20-49(46)52-50/h1-33,51H. The molecule has 1 heteroatoms. The first-order chi connectivity index (χ1) is 25.8. The van der Waals surface area contributed by atoms with Gasteiger partial charge in [0.2, 0.25) is 0 Å². The smallest absolute Gasteiger partial charge is 0.135 e. The Labute approximate surface area is 303 Å². The fourth-order valence-electron chi connectivity index (χ4n) is 8.03. The molecule has 1 nitrogen and oxygen atoms in total. The van der Waals surface area contributed by atoms with E-state index in [9.17, 15) is 0 Å². The largest absolute Gasteiger partial charge is 0.456 e. The zero-order valence-corrected chi connectivity index (χ0v) is 28.5. The predicted octanol–water partition coefficient (Wildman–Crippen LogP) is 14.1. The molecule has 0 aliphatic rings. The van der Waals surface area contributed by atoms with Crippen LogP contribution in [-0.4, -0.2) is 0 Å². The van der Waals surface area contributed by atoms with Gasteiger partial charge in [-0.3, -0.25) is 0 Å². The molecule has 0 saturated heterocycles. The molecule has 0 aliphatic carbocycles. The number of hydrogen-bond donors (Lipinski definition) is 0. The van der Waals surface area contributed by atoms with Crippen molar-refractivity contribution in [1.29, 1.82) is 0 Å². The van der Waals surface area contributed by atoms with Crippen LogP contribution in [0.25, 0.3) is 76.9 Å². The van der Waals surface area contributed by atoms with Gasteiger partial charge in [0.05, 0.1) is 0 Å². The molecule has 0 amide bonds. The van der Waals surface area contributed by atoms with Crippen LogP contribution in [-0.2, 0) is 0 Å². The van der Waals surface area contributed by atoms with Crippen LogP contribution in [0.15, 0.2) is 205 Å². The van der Waals surface area contributed by atoms with Crippen molar-refractivity contribution in [3.63, 3.8) is 0 Å². The zero-order valence-electron chi connectivity index (χ0n) is 28.5. The number of hydrogen-bond acceptors (Lipinski definition) is 1. The van der Waals surface area contributed by atoms with Gasteiger partial charge in [0.1, 0.15) is 11.2 Å². The highest BCUT2D eigenvalue weighted by molar-refractivity contribution is 6.09. The monoisotopic (exact) mass is 662 g/mol. The summed E-state index contributed by atoms with van der Waals surface area (Å²) in [6, 6.07) is 72.7. The topological polar surface area (TPSA) is 13.1 Å². The van der Waals surface area contributed by atoms with E-state index in [1.54, 1.807) is 0 Å². The lowest BCUT2D eigenvalue weighted by atomic mass is 9.80. The highest BCUT2D eigenvalue weighted by atomic mass is 16.3. The summed E-state index contributed by atoms with van der Waals surface area (Å²) < 4.78 is 6.16. The van der Waals surface area contributed by atoms with Crippen LogP contribution in [0, 0.1) is 0 Å². The summed E-state index contributed by atoms with van der Waals surface area (Å²) in [4.78, 5) is 0. The van der Waals surface area contributed by atoms with E-state index < -0.39 is 0 Å². The molecular weight excluding hydrogens is 629 g/mol. The fraction of sp³-hybridized carbons (Fsp3) is 0.0196. The quantitative estimate of drug-likeness (QED) is 0.128. The van der Waals surface area contributed by atoms with Gasteiger partial charge < -0.3 is 4.42 Å². The molecule has 0 N–H and O–H groups in total. The maximum absolute atomic E-state index is 6.16.